The van der Waals surface area contributed by atoms with Crippen molar-refractivity contribution in [2.45, 2.75) is 12.5 Å². The first-order chi connectivity index (χ1) is 15.0. The number of benzene rings is 2. The molecule has 0 saturated heterocycles. The number of nitrogens with zero attached hydrogens (tertiary/aromatic N) is 2. The molecule has 0 spiro atoms. The van der Waals surface area contributed by atoms with E-state index < -0.39 is 0 Å². The molecule has 1 atom stereocenters. The molecular weight excluding hydrogens is 398 g/mol. The summed E-state index contributed by atoms with van der Waals surface area (Å²) in [5.74, 6) is 0.598. The van der Waals surface area contributed by atoms with Crippen LogP contribution in [-0.2, 0) is 0 Å². The second-order valence-corrected chi connectivity index (χ2v) is 7.20. The zero-order valence-electron chi connectivity index (χ0n) is 17.3. The van der Waals surface area contributed by atoms with Crippen molar-refractivity contribution < 1.29 is 24.2 Å². The fraction of sp³-hybridized carbons (Fsp3) is 0.261. The molecule has 0 radical (unpaired) electrons. The first kappa shape index (κ1) is 20.6. The number of amides is 2. The Morgan fingerprint density at radius 3 is 2.58 bits per heavy atom. The fourth-order valence-corrected chi connectivity index (χ4v) is 3.73. The second kappa shape index (κ2) is 8.61. The van der Waals surface area contributed by atoms with E-state index in [0.717, 1.165) is 11.1 Å². The first-order valence-electron chi connectivity index (χ1n) is 9.88. The Morgan fingerprint density at radius 2 is 1.90 bits per heavy atom. The number of aliphatic hydroxyl groups is 1. The minimum absolute atomic E-state index is 0.106. The third-order valence-electron chi connectivity index (χ3n) is 5.35. The highest BCUT2D eigenvalue weighted by molar-refractivity contribution is 6.05. The number of aliphatic hydroxyl groups excluding tert-OH is 1. The van der Waals surface area contributed by atoms with Crippen LogP contribution in [-0.4, -0.2) is 61.4 Å². The number of ether oxygens (including phenoxy) is 2. The number of hydrogen-bond acceptors (Lipinski definition) is 6. The van der Waals surface area contributed by atoms with Crippen molar-refractivity contribution in [1.29, 1.82) is 0 Å². The van der Waals surface area contributed by atoms with Crippen molar-refractivity contribution in [1.82, 2.24) is 10.2 Å². The number of methoxy groups -OCH3 is 2. The van der Waals surface area contributed by atoms with Gasteiger partial charge in [-0.1, -0.05) is 12.1 Å². The van der Waals surface area contributed by atoms with Gasteiger partial charge in [-0.3, -0.25) is 14.6 Å². The summed E-state index contributed by atoms with van der Waals surface area (Å²) in [4.78, 5) is 31.5. The van der Waals surface area contributed by atoms with Gasteiger partial charge in [-0.05, 0) is 29.3 Å². The van der Waals surface area contributed by atoms with Crippen LogP contribution in [0.2, 0.25) is 0 Å². The number of carbonyl (C=O) groups excluding carboxylic acids is 2. The molecule has 0 aromatic heterocycles. The molecule has 2 aliphatic rings. The average molecular weight is 421 g/mol. The highest BCUT2D eigenvalue weighted by atomic mass is 16.5. The largest absolute Gasteiger partial charge is 0.493 e. The van der Waals surface area contributed by atoms with Crippen molar-refractivity contribution in [2.24, 2.45) is 4.99 Å². The highest BCUT2D eigenvalue weighted by Crippen LogP contribution is 2.39. The Balaban J connectivity index is 1.59. The Morgan fingerprint density at radius 1 is 1.19 bits per heavy atom. The molecule has 2 aromatic carbocycles. The van der Waals surface area contributed by atoms with Crippen LogP contribution < -0.4 is 14.8 Å². The fourth-order valence-electron chi connectivity index (χ4n) is 3.73. The first-order valence-corrected chi connectivity index (χ1v) is 9.88. The van der Waals surface area contributed by atoms with Gasteiger partial charge in [0.05, 0.1) is 38.1 Å². The van der Waals surface area contributed by atoms with Crippen LogP contribution in [0, 0.1) is 0 Å². The number of hydrogen-bond donors (Lipinski definition) is 2. The zero-order chi connectivity index (χ0) is 22.0. The van der Waals surface area contributed by atoms with Crippen molar-refractivity contribution in [3.05, 3.63) is 59.3 Å². The third-order valence-corrected chi connectivity index (χ3v) is 5.35. The van der Waals surface area contributed by atoms with E-state index in [1.165, 1.54) is 7.11 Å². The van der Waals surface area contributed by atoms with Crippen molar-refractivity contribution in [3.8, 4) is 11.5 Å². The molecule has 4 rings (SSSR count). The number of rotatable bonds is 6. The summed E-state index contributed by atoms with van der Waals surface area (Å²) in [6.45, 7) is 0.104. The van der Waals surface area contributed by atoms with E-state index in [0.29, 0.717) is 34.7 Å². The maximum absolute atomic E-state index is 13.2. The van der Waals surface area contributed by atoms with Gasteiger partial charge >= 0.3 is 0 Å². The molecule has 2 N–H and O–H groups in total. The van der Waals surface area contributed by atoms with Crippen LogP contribution in [0.5, 0.6) is 11.5 Å². The summed E-state index contributed by atoms with van der Waals surface area (Å²) in [7, 11) is 3.07. The molecule has 0 bridgehead atoms. The third kappa shape index (κ3) is 3.89. The predicted octanol–water partition coefficient (Wildman–Crippen LogP) is 2.40. The van der Waals surface area contributed by atoms with E-state index in [-0.39, 0.29) is 31.0 Å². The van der Waals surface area contributed by atoms with Gasteiger partial charge in [0, 0.05) is 37.0 Å². The molecule has 0 aliphatic carbocycles. The predicted molar refractivity (Wildman–Crippen MR) is 116 cm³/mol. The number of nitrogens with one attached hydrogen (secondary N) is 1. The standard InChI is InChI=1S/C23H23N3O5/c1-30-20-10-18-19(11-21(20)31-2)25-12-17-9-16(13-26(17)23(18)29)14-3-5-15(6-4-14)22(28)24-7-8-27/h3-6,10-13,17,27H,7-9H2,1-2H3,(H,24,28)/t17-/m0/s1. The van der Waals surface area contributed by atoms with E-state index in [1.807, 2.05) is 18.3 Å². The summed E-state index contributed by atoms with van der Waals surface area (Å²) in [6.07, 6.45) is 4.23. The van der Waals surface area contributed by atoms with Crippen LogP contribution in [0.1, 0.15) is 32.7 Å². The lowest BCUT2D eigenvalue weighted by Crippen LogP contribution is -2.32. The smallest absolute Gasteiger partial charge is 0.260 e. The molecule has 160 valence electrons. The minimum atomic E-state index is -0.238. The minimum Gasteiger partial charge on any atom is -0.493 e. The second-order valence-electron chi connectivity index (χ2n) is 7.20. The lowest BCUT2D eigenvalue weighted by Gasteiger charge is -2.18. The molecule has 31 heavy (non-hydrogen) atoms. The van der Waals surface area contributed by atoms with Crippen LogP contribution >= 0.6 is 0 Å². The van der Waals surface area contributed by atoms with Crippen molar-refractivity contribution in [2.75, 3.05) is 27.4 Å². The van der Waals surface area contributed by atoms with Gasteiger partial charge in [0.15, 0.2) is 11.5 Å². The molecule has 2 aromatic rings. The van der Waals surface area contributed by atoms with Crippen LogP contribution in [0.3, 0.4) is 0 Å². The Hall–Kier alpha value is -3.65. The summed E-state index contributed by atoms with van der Waals surface area (Å²) < 4.78 is 10.7. The van der Waals surface area contributed by atoms with Crippen LogP contribution in [0.25, 0.3) is 5.57 Å². The summed E-state index contributed by atoms with van der Waals surface area (Å²) >= 11 is 0. The Kier molecular flexibility index (Phi) is 5.73. The van der Waals surface area contributed by atoms with Gasteiger partial charge in [0.1, 0.15) is 0 Å². The maximum atomic E-state index is 13.2. The van der Waals surface area contributed by atoms with Gasteiger partial charge in [-0.2, -0.15) is 0 Å². The number of carbonyl (C=O) groups is 2. The molecule has 0 saturated carbocycles. The van der Waals surface area contributed by atoms with Gasteiger partial charge < -0.3 is 24.8 Å². The SMILES string of the molecule is COc1cc2c(cc1OC)C(=O)N1C=C(c3ccc(C(=O)NCCO)cc3)C[C@H]1C=N2. The molecule has 2 amide bonds. The van der Waals surface area contributed by atoms with E-state index in [9.17, 15) is 9.59 Å². The maximum Gasteiger partial charge on any atom is 0.260 e. The van der Waals surface area contributed by atoms with Crippen molar-refractivity contribution >= 4 is 29.3 Å². The number of fused-ring (bicyclic) bond motifs is 2. The van der Waals surface area contributed by atoms with Gasteiger partial charge in [0.25, 0.3) is 11.8 Å². The lowest BCUT2D eigenvalue weighted by atomic mass is 10.0. The quantitative estimate of drug-likeness (QED) is 0.746. The molecule has 0 fully saturated rings. The topological polar surface area (TPSA) is 100 Å². The van der Waals surface area contributed by atoms with E-state index in [4.69, 9.17) is 14.6 Å². The molecule has 2 heterocycles. The molecule has 8 heteroatoms. The highest BCUT2D eigenvalue weighted by Gasteiger charge is 2.33. The van der Waals surface area contributed by atoms with Gasteiger partial charge in [-0.15, -0.1) is 0 Å². The monoisotopic (exact) mass is 421 g/mol. The normalized spacial score (nSPS) is 16.9. The van der Waals surface area contributed by atoms with E-state index >= 15 is 0 Å². The molecular formula is C23H23N3O5. The molecule has 2 aliphatic heterocycles. The number of aliphatic imine (C=N–C) groups is 1. The Bertz CT molecular complexity index is 1080. The zero-order valence-corrected chi connectivity index (χ0v) is 17.3. The van der Waals surface area contributed by atoms with Crippen LogP contribution in [0.4, 0.5) is 5.69 Å². The molecule has 8 nitrogen and oxygen atoms in total. The Labute approximate surface area is 179 Å². The lowest BCUT2D eigenvalue weighted by molar-refractivity contribution is 0.0817. The van der Waals surface area contributed by atoms with E-state index in [1.54, 1.807) is 42.5 Å². The van der Waals surface area contributed by atoms with Gasteiger partial charge in [-0.25, -0.2) is 0 Å². The average Bonchev–Trinajstić information content (AvgIpc) is 3.19. The summed E-state index contributed by atoms with van der Waals surface area (Å²) in [5.41, 5.74) is 3.42. The molecule has 0 unspecified atom stereocenters. The van der Waals surface area contributed by atoms with Crippen molar-refractivity contribution in [3.63, 3.8) is 0 Å². The summed E-state index contributed by atoms with van der Waals surface area (Å²) in [5, 5.41) is 11.5. The van der Waals surface area contributed by atoms with Gasteiger partial charge in [0.2, 0.25) is 0 Å². The van der Waals surface area contributed by atoms with E-state index in [2.05, 4.69) is 10.3 Å². The van der Waals surface area contributed by atoms with Crippen LogP contribution in [0.15, 0.2) is 47.6 Å². The summed E-state index contributed by atoms with van der Waals surface area (Å²) in [6, 6.07) is 10.3.